The Kier molecular flexibility index (Phi) is 4.66. The van der Waals surface area contributed by atoms with Crippen molar-refractivity contribution in [2.75, 3.05) is 24.2 Å². The van der Waals surface area contributed by atoms with Crippen LogP contribution in [0.5, 0.6) is 0 Å². The molecule has 0 saturated carbocycles. The van der Waals surface area contributed by atoms with Crippen molar-refractivity contribution in [1.29, 1.82) is 0 Å². The van der Waals surface area contributed by atoms with E-state index in [4.69, 9.17) is 4.98 Å². The Morgan fingerprint density at radius 2 is 1.67 bits per heavy atom. The summed E-state index contributed by atoms with van der Waals surface area (Å²) in [6.45, 7) is 1.62. The van der Waals surface area contributed by atoms with Gasteiger partial charge in [-0.1, -0.05) is 36.4 Å². The summed E-state index contributed by atoms with van der Waals surface area (Å²) in [5, 5.41) is 0. The van der Waals surface area contributed by atoms with Gasteiger partial charge in [0, 0.05) is 24.9 Å². The van der Waals surface area contributed by atoms with Gasteiger partial charge in [0.15, 0.2) is 9.84 Å². The first-order chi connectivity index (χ1) is 13.0. The molecule has 0 amide bonds. The number of anilines is 1. The number of fused-ring (bicyclic) bond motifs is 1. The Morgan fingerprint density at radius 3 is 2.41 bits per heavy atom. The second-order valence-corrected chi connectivity index (χ2v) is 8.83. The Morgan fingerprint density at radius 1 is 0.926 bits per heavy atom. The zero-order valence-electron chi connectivity index (χ0n) is 15.2. The van der Waals surface area contributed by atoms with Crippen molar-refractivity contribution in [3.8, 4) is 11.3 Å². The van der Waals surface area contributed by atoms with Gasteiger partial charge in [-0.05, 0) is 36.1 Å². The molecule has 0 bridgehead atoms. The highest BCUT2D eigenvalue weighted by Crippen LogP contribution is 2.24. The highest BCUT2D eigenvalue weighted by atomic mass is 32.2. The second kappa shape index (κ2) is 7.12. The van der Waals surface area contributed by atoms with E-state index in [0.29, 0.717) is 4.90 Å². The normalized spacial score (nSPS) is 14.5. The number of hydrogen-bond donors (Lipinski definition) is 0. The maximum atomic E-state index is 11.8. The number of benzene rings is 2. The van der Waals surface area contributed by atoms with Gasteiger partial charge in [0.1, 0.15) is 5.82 Å². The molecule has 1 aliphatic heterocycles. The van der Waals surface area contributed by atoms with Gasteiger partial charge >= 0.3 is 0 Å². The first-order valence-electron chi connectivity index (χ1n) is 8.95. The van der Waals surface area contributed by atoms with Crippen LogP contribution >= 0.6 is 0 Å². The van der Waals surface area contributed by atoms with Crippen molar-refractivity contribution in [1.82, 2.24) is 9.97 Å². The van der Waals surface area contributed by atoms with Gasteiger partial charge in [0.25, 0.3) is 0 Å². The van der Waals surface area contributed by atoms with Gasteiger partial charge < -0.3 is 4.90 Å². The van der Waals surface area contributed by atoms with Crippen LogP contribution in [0.25, 0.3) is 11.3 Å². The molecule has 1 aromatic heterocycles. The fraction of sp³-hybridized carbons (Fsp3) is 0.238. The largest absolute Gasteiger partial charge is 0.355 e. The Bertz CT molecular complexity index is 1070. The molecule has 0 unspecified atom stereocenters. The molecule has 2 aromatic carbocycles. The maximum Gasteiger partial charge on any atom is 0.175 e. The summed E-state index contributed by atoms with van der Waals surface area (Å²) < 4.78 is 23.7. The quantitative estimate of drug-likeness (QED) is 0.699. The third-order valence-corrected chi connectivity index (χ3v) is 6.03. The molecule has 4 rings (SSSR count). The molecule has 0 fully saturated rings. The summed E-state index contributed by atoms with van der Waals surface area (Å²) in [5.41, 5.74) is 4.21. The maximum absolute atomic E-state index is 11.8. The molecular formula is C21H21N3O2S. The minimum atomic E-state index is -3.19. The molecule has 0 aliphatic carbocycles. The lowest BCUT2D eigenvalue weighted by Crippen LogP contribution is -2.27. The monoisotopic (exact) mass is 379 g/mol. The molecule has 5 nitrogen and oxygen atoms in total. The molecule has 0 spiro atoms. The zero-order valence-corrected chi connectivity index (χ0v) is 16.0. The van der Waals surface area contributed by atoms with Gasteiger partial charge in [0.2, 0.25) is 0 Å². The number of aromatic nitrogens is 2. The van der Waals surface area contributed by atoms with E-state index in [0.717, 1.165) is 48.6 Å². The van der Waals surface area contributed by atoms with E-state index in [-0.39, 0.29) is 0 Å². The molecule has 6 heteroatoms. The van der Waals surface area contributed by atoms with Gasteiger partial charge in [-0.2, -0.15) is 0 Å². The summed E-state index contributed by atoms with van der Waals surface area (Å²) in [6, 6.07) is 15.5. The molecule has 3 aromatic rings. The van der Waals surface area contributed by atoms with Crippen LogP contribution in [0.1, 0.15) is 11.1 Å². The highest BCUT2D eigenvalue weighted by molar-refractivity contribution is 7.90. The Hall–Kier alpha value is -2.73. The van der Waals surface area contributed by atoms with E-state index in [1.54, 1.807) is 18.5 Å². The number of hydrogen-bond acceptors (Lipinski definition) is 5. The Labute approximate surface area is 159 Å². The molecule has 27 heavy (non-hydrogen) atoms. The first kappa shape index (κ1) is 17.7. The summed E-state index contributed by atoms with van der Waals surface area (Å²) in [5.74, 6) is 0.854. The van der Waals surface area contributed by atoms with Crippen LogP contribution in [0.3, 0.4) is 0 Å². The van der Waals surface area contributed by atoms with Crippen LogP contribution in [0.4, 0.5) is 5.82 Å². The second-order valence-electron chi connectivity index (χ2n) is 6.82. The van der Waals surface area contributed by atoms with E-state index in [2.05, 4.69) is 9.88 Å². The molecule has 0 radical (unpaired) electrons. The molecule has 0 atom stereocenters. The van der Waals surface area contributed by atoms with E-state index in [1.807, 2.05) is 42.5 Å². The summed E-state index contributed by atoms with van der Waals surface area (Å²) in [7, 11) is -3.19. The predicted molar refractivity (Wildman–Crippen MR) is 107 cm³/mol. The molecule has 0 N–H and O–H groups in total. The lowest BCUT2D eigenvalue weighted by atomic mass is 10.0. The molecular weight excluding hydrogens is 358 g/mol. The fourth-order valence-electron chi connectivity index (χ4n) is 3.42. The third-order valence-electron chi connectivity index (χ3n) is 4.92. The van der Waals surface area contributed by atoms with Crippen LogP contribution in [0, 0.1) is 0 Å². The minimum Gasteiger partial charge on any atom is -0.355 e. The van der Waals surface area contributed by atoms with Crippen LogP contribution in [0.15, 0.2) is 65.8 Å². The SMILES string of the molecule is CS(=O)(=O)c1ccc2c(c1)CCN(c1cncc(-c3ccccc3)n1)CC2. The topological polar surface area (TPSA) is 63.2 Å². The van der Waals surface area contributed by atoms with Crippen molar-refractivity contribution in [2.24, 2.45) is 0 Å². The number of rotatable bonds is 3. The average Bonchev–Trinajstić information content (AvgIpc) is 2.90. The first-order valence-corrected chi connectivity index (χ1v) is 10.8. The molecule has 138 valence electrons. The van der Waals surface area contributed by atoms with Crippen molar-refractivity contribution in [3.63, 3.8) is 0 Å². The fourth-order valence-corrected chi connectivity index (χ4v) is 4.09. The molecule has 0 saturated heterocycles. The average molecular weight is 379 g/mol. The van der Waals surface area contributed by atoms with E-state index >= 15 is 0 Å². The van der Waals surface area contributed by atoms with Crippen molar-refractivity contribution >= 4 is 15.7 Å². The smallest absolute Gasteiger partial charge is 0.175 e. The highest BCUT2D eigenvalue weighted by Gasteiger charge is 2.18. The standard InChI is InChI=1S/C21H21N3O2S/c1-27(25,26)19-8-7-16-9-11-24(12-10-18(16)13-19)21-15-22-14-20(23-21)17-5-3-2-4-6-17/h2-8,13-15H,9-12H2,1H3. The number of nitrogens with zero attached hydrogens (tertiary/aromatic N) is 3. The van der Waals surface area contributed by atoms with Crippen molar-refractivity contribution in [2.45, 2.75) is 17.7 Å². The number of sulfone groups is 1. The summed E-state index contributed by atoms with van der Waals surface area (Å²) >= 11 is 0. The Balaban J connectivity index is 1.59. The van der Waals surface area contributed by atoms with Crippen LogP contribution < -0.4 is 4.90 Å². The summed E-state index contributed by atoms with van der Waals surface area (Å²) in [6.07, 6.45) is 6.48. The zero-order chi connectivity index (χ0) is 18.9. The van der Waals surface area contributed by atoms with E-state index in [1.165, 1.54) is 11.8 Å². The van der Waals surface area contributed by atoms with Crippen molar-refractivity contribution < 1.29 is 8.42 Å². The van der Waals surface area contributed by atoms with Gasteiger partial charge in [-0.15, -0.1) is 0 Å². The molecule has 2 heterocycles. The molecule has 1 aliphatic rings. The lowest BCUT2D eigenvalue weighted by molar-refractivity contribution is 0.601. The van der Waals surface area contributed by atoms with Crippen molar-refractivity contribution in [3.05, 3.63) is 72.1 Å². The van der Waals surface area contributed by atoms with Crippen LogP contribution in [-0.4, -0.2) is 37.7 Å². The van der Waals surface area contributed by atoms with Gasteiger partial charge in [-0.3, -0.25) is 4.98 Å². The van der Waals surface area contributed by atoms with E-state index < -0.39 is 9.84 Å². The van der Waals surface area contributed by atoms with Gasteiger partial charge in [0.05, 0.1) is 23.0 Å². The third kappa shape index (κ3) is 3.85. The lowest BCUT2D eigenvalue weighted by Gasteiger charge is -2.21. The van der Waals surface area contributed by atoms with E-state index in [9.17, 15) is 8.42 Å². The predicted octanol–water partition coefficient (Wildman–Crippen LogP) is 3.15. The van der Waals surface area contributed by atoms with Crippen LogP contribution in [0.2, 0.25) is 0 Å². The minimum absolute atomic E-state index is 0.389. The van der Waals surface area contributed by atoms with Gasteiger partial charge in [-0.25, -0.2) is 13.4 Å². The summed E-state index contributed by atoms with van der Waals surface area (Å²) in [4.78, 5) is 11.8. The van der Waals surface area contributed by atoms with Crippen LogP contribution in [-0.2, 0) is 22.7 Å².